The fourth-order valence-corrected chi connectivity index (χ4v) is 2.04. The number of aromatic nitrogens is 3. The summed E-state index contributed by atoms with van der Waals surface area (Å²) in [5.74, 6) is -0.593. The summed E-state index contributed by atoms with van der Waals surface area (Å²) in [7, 11) is 0.202. The first-order valence-corrected chi connectivity index (χ1v) is 7.26. The van der Waals surface area contributed by atoms with Crippen LogP contribution in [0.15, 0.2) is 17.5 Å². The van der Waals surface area contributed by atoms with Gasteiger partial charge in [0.25, 0.3) is 0 Å². The summed E-state index contributed by atoms with van der Waals surface area (Å²) < 4.78 is 31.8. The molecule has 0 bridgehead atoms. The Hall–Kier alpha value is -1.74. The minimum Gasteiger partial charge on any atom is -0.464 e. The fraction of sp³-hybridized carbons (Fsp3) is 0.643. The summed E-state index contributed by atoms with van der Waals surface area (Å²) >= 11 is 0. The summed E-state index contributed by atoms with van der Waals surface area (Å²) in [6.07, 6.45) is 1.40. The molecule has 2 rings (SSSR count). The van der Waals surface area contributed by atoms with Gasteiger partial charge in [-0.3, -0.25) is 0 Å². The smallest absolute Gasteiger partial charge is 0.464 e. The molecular weight excluding hydrogens is 304 g/mol. The van der Waals surface area contributed by atoms with Crippen LogP contribution in [-0.4, -0.2) is 46.4 Å². The van der Waals surface area contributed by atoms with Gasteiger partial charge in [0.2, 0.25) is 0 Å². The molecule has 9 heteroatoms. The van der Waals surface area contributed by atoms with Gasteiger partial charge in [-0.1, -0.05) is 5.21 Å². The molecule has 0 unspecified atom stereocenters. The molecule has 0 amide bonds. The van der Waals surface area contributed by atoms with E-state index in [-0.39, 0.29) is 12.2 Å². The van der Waals surface area contributed by atoms with Crippen molar-refractivity contribution in [1.29, 1.82) is 0 Å². The van der Waals surface area contributed by atoms with Gasteiger partial charge in [-0.05, 0) is 40.2 Å². The van der Waals surface area contributed by atoms with Crippen molar-refractivity contribution in [2.45, 2.75) is 52.4 Å². The van der Waals surface area contributed by atoms with E-state index in [0.29, 0.717) is 5.57 Å². The summed E-state index contributed by atoms with van der Waals surface area (Å²) in [5.41, 5.74) is -1.28. The van der Waals surface area contributed by atoms with Crippen LogP contribution in [0.3, 0.4) is 0 Å². The molecule has 0 radical (unpaired) electrons. The molecule has 0 spiro atoms. The Morgan fingerprint density at radius 2 is 1.91 bits per heavy atom. The first kappa shape index (κ1) is 17.6. The number of ether oxygens (including phenoxy) is 1. The van der Waals surface area contributed by atoms with Gasteiger partial charge in [-0.2, -0.15) is 0 Å². The predicted octanol–water partition coefficient (Wildman–Crippen LogP) is 1.94. The Bertz CT molecular complexity index is 626. The molecule has 0 saturated carbocycles. The van der Waals surface area contributed by atoms with Gasteiger partial charge in [0.1, 0.15) is 5.73 Å². The minimum absolute atomic E-state index is 0.0661. The lowest BCUT2D eigenvalue weighted by Crippen LogP contribution is -2.41. The Balaban J connectivity index is 2.13. The highest BCUT2D eigenvalue weighted by Crippen LogP contribution is 2.39. The largest absolute Gasteiger partial charge is 0.525 e. The number of halogens is 1. The summed E-state index contributed by atoms with van der Waals surface area (Å²) in [6.45, 7) is 9.16. The zero-order valence-electron chi connectivity index (χ0n) is 14.2. The van der Waals surface area contributed by atoms with E-state index in [1.165, 1.54) is 18.0 Å². The third-order valence-corrected chi connectivity index (χ3v) is 4.20. The molecule has 7 nitrogen and oxygen atoms in total. The highest BCUT2D eigenvalue weighted by atomic mass is 19.1. The Morgan fingerprint density at radius 3 is 2.43 bits per heavy atom. The van der Waals surface area contributed by atoms with Gasteiger partial charge < -0.3 is 14.0 Å². The van der Waals surface area contributed by atoms with E-state index in [1.54, 1.807) is 6.92 Å². The van der Waals surface area contributed by atoms with Crippen LogP contribution in [0.25, 0.3) is 0 Å². The first-order chi connectivity index (χ1) is 10.6. The Labute approximate surface area is 134 Å². The average Bonchev–Trinajstić information content (AvgIpc) is 3.00. The fourth-order valence-electron chi connectivity index (χ4n) is 2.04. The molecule has 1 aromatic heterocycles. The number of rotatable bonds is 4. The number of methoxy groups -OCH3 is 1. The predicted molar refractivity (Wildman–Crippen MR) is 81.3 cm³/mol. The van der Waals surface area contributed by atoms with Gasteiger partial charge in [0.05, 0.1) is 31.1 Å². The molecular formula is C14H21BFN3O4. The maximum Gasteiger partial charge on any atom is 0.525 e. The molecule has 2 heterocycles. The number of hydrogen-bond acceptors (Lipinski definition) is 6. The average molecular weight is 325 g/mol. The molecule has 0 aliphatic carbocycles. The number of hydrogen-bond donors (Lipinski definition) is 0. The number of allylic oxidation sites excluding steroid dienone is 1. The van der Waals surface area contributed by atoms with Crippen LogP contribution in [0.4, 0.5) is 4.39 Å². The van der Waals surface area contributed by atoms with E-state index in [2.05, 4.69) is 15.0 Å². The van der Waals surface area contributed by atoms with E-state index in [1.807, 2.05) is 27.7 Å². The van der Waals surface area contributed by atoms with Gasteiger partial charge in [-0.15, -0.1) is 5.10 Å². The number of nitrogens with zero attached hydrogens (tertiary/aromatic N) is 3. The minimum atomic E-state index is -1.05. The van der Waals surface area contributed by atoms with Crippen LogP contribution in [0, 0.1) is 0 Å². The van der Waals surface area contributed by atoms with Crippen molar-refractivity contribution in [3.63, 3.8) is 0 Å². The van der Waals surface area contributed by atoms with Gasteiger partial charge >= 0.3 is 13.1 Å². The lowest BCUT2D eigenvalue weighted by molar-refractivity contribution is 0.00578. The normalized spacial score (nSPS) is 20.4. The van der Waals surface area contributed by atoms with Crippen LogP contribution in [0.1, 0.15) is 45.1 Å². The number of esters is 1. The van der Waals surface area contributed by atoms with Crippen molar-refractivity contribution in [2.75, 3.05) is 7.11 Å². The van der Waals surface area contributed by atoms with E-state index >= 15 is 0 Å². The van der Waals surface area contributed by atoms with Crippen molar-refractivity contribution < 1.29 is 23.2 Å². The van der Waals surface area contributed by atoms with Crippen molar-refractivity contribution in [3.8, 4) is 0 Å². The molecule has 1 aliphatic rings. The third kappa shape index (κ3) is 3.45. The summed E-state index contributed by atoms with van der Waals surface area (Å²) in [6, 6.07) is 0. The molecule has 1 aliphatic heterocycles. The van der Waals surface area contributed by atoms with Gasteiger partial charge in [-0.25, -0.2) is 13.9 Å². The molecule has 1 saturated heterocycles. The molecule has 0 atom stereocenters. The highest BCUT2D eigenvalue weighted by Gasteiger charge is 2.53. The highest BCUT2D eigenvalue weighted by molar-refractivity contribution is 6.53. The first-order valence-electron chi connectivity index (χ1n) is 7.26. The van der Waals surface area contributed by atoms with Crippen LogP contribution >= 0.6 is 0 Å². The SMILES string of the molecule is COC(=O)c1cn(CC(C)=C(F)B2OC(C)(C)C(C)(C)O2)nn1. The molecule has 23 heavy (non-hydrogen) atoms. The van der Waals surface area contributed by atoms with Gasteiger partial charge in [0, 0.05) is 0 Å². The van der Waals surface area contributed by atoms with Crippen LogP contribution in [-0.2, 0) is 20.6 Å². The van der Waals surface area contributed by atoms with Gasteiger partial charge in [0.15, 0.2) is 5.69 Å². The molecule has 126 valence electrons. The number of carbonyl (C=O) groups excluding carboxylic acids is 1. The maximum atomic E-state index is 14.6. The summed E-state index contributed by atoms with van der Waals surface area (Å²) in [5, 5.41) is 7.45. The number of carbonyl (C=O) groups is 1. The molecule has 0 N–H and O–H groups in total. The second kappa shape index (κ2) is 6.05. The third-order valence-electron chi connectivity index (χ3n) is 4.20. The quantitative estimate of drug-likeness (QED) is 0.622. The topological polar surface area (TPSA) is 75.5 Å². The van der Waals surface area contributed by atoms with E-state index in [0.717, 1.165) is 0 Å². The van der Waals surface area contributed by atoms with Crippen molar-refractivity contribution in [3.05, 3.63) is 23.2 Å². The second-order valence-electron chi connectivity index (χ2n) is 6.51. The van der Waals surface area contributed by atoms with E-state index < -0.39 is 30.0 Å². The monoisotopic (exact) mass is 325 g/mol. The van der Waals surface area contributed by atoms with E-state index in [4.69, 9.17) is 9.31 Å². The second-order valence-corrected chi connectivity index (χ2v) is 6.51. The molecule has 1 fully saturated rings. The van der Waals surface area contributed by atoms with Crippen molar-refractivity contribution in [1.82, 2.24) is 15.0 Å². The van der Waals surface area contributed by atoms with Crippen LogP contribution < -0.4 is 0 Å². The Kier molecular flexibility index (Phi) is 4.63. The Morgan fingerprint density at radius 1 is 1.35 bits per heavy atom. The zero-order chi connectivity index (χ0) is 17.4. The zero-order valence-corrected chi connectivity index (χ0v) is 14.2. The molecule has 0 aromatic carbocycles. The van der Waals surface area contributed by atoms with Crippen molar-refractivity contribution >= 4 is 13.1 Å². The standard InChI is InChI=1S/C14H21BFN3O4/c1-9(7-19-8-10(17-18-19)12(20)21-6)11(16)15-22-13(2,3)14(4,5)23-15/h8H,7H2,1-6H3. The molecule has 1 aromatic rings. The lowest BCUT2D eigenvalue weighted by atomic mass is 9.85. The lowest BCUT2D eigenvalue weighted by Gasteiger charge is -2.32. The van der Waals surface area contributed by atoms with E-state index in [9.17, 15) is 9.18 Å². The van der Waals surface area contributed by atoms with Crippen LogP contribution in [0.5, 0.6) is 0 Å². The van der Waals surface area contributed by atoms with Crippen LogP contribution in [0.2, 0.25) is 0 Å². The summed E-state index contributed by atoms with van der Waals surface area (Å²) in [4.78, 5) is 11.3. The van der Waals surface area contributed by atoms with Crippen molar-refractivity contribution in [2.24, 2.45) is 0 Å². The maximum absolute atomic E-state index is 14.6.